The molecular formula is C42H27N3. The summed E-state index contributed by atoms with van der Waals surface area (Å²) in [5.74, 6) is 0. The van der Waals surface area contributed by atoms with Crippen molar-refractivity contribution in [2.75, 3.05) is 0 Å². The second kappa shape index (κ2) is 9.22. The molecule has 3 aromatic heterocycles. The zero-order valence-corrected chi connectivity index (χ0v) is 23.9. The van der Waals surface area contributed by atoms with E-state index in [0.29, 0.717) is 5.69 Å². The molecule has 10 rings (SSSR count). The van der Waals surface area contributed by atoms with Gasteiger partial charge in [-0.2, -0.15) is 0 Å². The maximum absolute atomic E-state index is 9.94. The van der Waals surface area contributed by atoms with E-state index in [-0.39, 0.29) is 57.7 Å². The molecular weight excluding hydrogens is 546 g/mol. The van der Waals surface area contributed by atoms with E-state index in [1.54, 1.807) is 4.57 Å². The quantitative estimate of drug-likeness (QED) is 0.197. The van der Waals surface area contributed by atoms with Crippen LogP contribution in [0.5, 0.6) is 0 Å². The van der Waals surface area contributed by atoms with Crippen LogP contribution in [0, 0.1) is 0 Å². The summed E-state index contributed by atoms with van der Waals surface area (Å²) in [7, 11) is 0. The Bertz CT molecular complexity index is 3100. The minimum atomic E-state index is -0.430. The lowest BCUT2D eigenvalue weighted by Crippen LogP contribution is -1.98. The third kappa shape index (κ3) is 3.41. The van der Waals surface area contributed by atoms with Crippen molar-refractivity contribution in [2.24, 2.45) is 0 Å². The predicted octanol–water partition coefficient (Wildman–Crippen LogP) is 11.0. The fraction of sp³-hybridized carbons (Fsp3) is 0. The average Bonchev–Trinajstić information content (AvgIpc) is 3.82. The van der Waals surface area contributed by atoms with Crippen LogP contribution in [0.4, 0.5) is 0 Å². The molecule has 0 unspecified atom stereocenters. The fourth-order valence-corrected chi connectivity index (χ4v) is 6.99. The van der Waals surface area contributed by atoms with Gasteiger partial charge in [-0.15, -0.1) is 0 Å². The number of para-hydroxylation sites is 5. The molecule has 0 atom stereocenters. The van der Waals surface area contributed by atoms with Crippen LogP contribution in [0.25, 0.3) is 82.5 Å². The van der Waals surface area contributed by atoms with Gasteiger partial charge in [-0.25, -0.2) is 0 Å². The normalized spacial score (nSPS) is 14.2. The molecule has 0 radical (unpaired) electrons. The van der Waals surface area contributed by atoms with Crippen LogP contribution in [0.3, 0.4) is 0 Å². The minimum Gasteiger partial charge on any atom is -0.309 e. The van der Waals surface area contributed by atoms with Crippen molar-refractivity contribution < 1.29 is 9.60 Å². The summed E-state index contributed by atoms with van der Waals surface area (Å²) in [6.45, 7) is 0. The van der Waals surface area contributed by atoms with Gasteiger partial charge in [0.05, 0.1) is 42.7 Å². The Balaban J connectivity index is 1.41. The number of rotatable bonds is 3. The first kappa shape index (κ1) is 18.6. The summed E-state index contributed by atoms with van der Waals surface area (Å²) in [4.78, 5) is 0. The van der Waals surface area contributed by atoms with Crippen molar-refractivity contribution in [3.8, 4) is 17.1 Å². The number of fused-ring (bicyclic) bond motifs is 9. The van der Waals surface area contributed by atoms with Crippen LogP contribution in [0.1, 0.15) is 9.60 Å². The van der Waals surface area contributed by atoms with E-state index >= 15 is 0 Å². The lowest BCUT2D eigenvalue weighted by molar-refractivity contribution is 1.14. The van der Waals surface area contributed by atoms with Crippen LogP contribution in [-0.4, -0.2) is 13.7 Å². The van der Waals surface area contributed by atoms with Crippen molar-refractivity contribution in [1.29, 1.82) is 0 Å². The lowest BCUT2D eigenvalue weighted by Gasteiger charge is -2.12. The van der Waals surface area contributed by atoms with Crippen molar-refractivity contribution in [3.63, 3.8) is 0 Å². The highest BCUT2D eigenvalue weighted by atomic mass is 15.0. The van der Waals surface area contributed by atoms with Crippen LogP contribution >= 0.6 is 0 Å². The highest BCUT2D eigenvalue weighted by molar-refractivity contribution is 6.13. The highest BCUT2D eigenvalue weighted by Gasteiger charge is 2.18. The van der Waals surface area contributed by atoms with E-state index in [2.05, 4.69) is 16.7 Å². The maximum Gasteiger partial charge on any atom is 0.0667 e. The molecule has 0 amide bonds. The molecule has 0 fully saturated rings. The van der Waals surface area contributed by atoms with Gasteiger partial charge in [0.15, 0.2) is 0 Å². The number of hydrogen-bond donors (Lipinski definition) is 0. The van der Waals surface area contributed by atoms with Crippen molar-refractivity contribution >= 4 is 65.4 Å². The summed E-state index contributed by atoms with van der Waals surface area (Å²) in [5.41, 5.74) is 5.56. The molecule has 210 valence electrons. The third-order valence-electron chi connectivity index (χ3n) is 8.88. The zero-order valence-electron chi connectivity index (χ0n) is 30.9. The molecule has 10 aromatic rings. The molecule has 3 heteroatoms. The summed E-state index contributed by atoms with van der Waals surface area (Å²) < 4.78 is 70.1. The molecule has 45 heavy (non-hydrogen) atoms. The smallest absolute Gasteiger partial charge is 0.0667 e. The number of hydrogen-bond acceptors (Lipinski definition) is 0. The summed E-state index contributed by atoms with van der Waals surface area (Å²) in [6.07, 6.45) is 0. The predicted molar refractivity (Wildman–Crippen MR) is 189 cm³/mol. The number of benzene rings is 7. The van der Waals surface area contributed by atoms with Crippen LogP contribution in [0.15, 0.2) is 164 Å². The maximum atomic E-state index is 9.94. The molecule has 0 saturated carbocycles. The SMILES string of the molecule is [2H]c1c([2H])c([2H])c2c(c1[2H])c1c([2H])c([2H])c(-n3c4ccccc4c4ccccc43)c([2H])c1n2-c1ccc2c3ccccc3n(-c3ccccc3)c2c1. The largest absolute Gasteiger partial charge is 0.309 e. The van der Waals surface area contributed by atoms with Gasteiger partial charge < -0.3 is 13.7 Å². The molecule has 0 aliphatic carbocycles. The Morgan fingerprint density at radius 2 is 0.867 bits per heavy atom. The van der Waals surface area contributed by atoms with Gasteiger partial charge >= 0.3 is 0 Å². The first-order valence-corrected chi connectivity index (χ1v) is 14.9. The zero-order chi connectivity index (χ0) is 35.6. The van der Waals surface area contributed by atoms with Gasteiger partial charge in [0.2, 0.25) is 0 Å². The van der Waals surface area contributed by atoms with Crippen LogP contribution in [-0.2, 0) is 0 Å². The monoisotopic (exact) mass is 580 g/mol. The Hall–Kier alpha value is -6.06. The van der Waals surface area contributed by atoms with Gasteiger partial charge in [0, 0.05) is 49.4 Å². The fourth-order valence-electron chi connectivity index (χ4n) is 6.99. The molecule has 0 bridgehead atoms. The Morgan fingerprint density at radius 3 is 1.56 bits per heavy atom. The van der Waals surface area contributed by atoms with Gasteiger partial charge in [0.25, 0.3) is 0 Å². The van der Waals surface area contributed by atoms with E-state index in [1.807, 2.05) is 114 Å². The number of aromatic nitrogens is 3. The van der Waals surface area contributed by atoms with Crippen molar-refractivity contribution in [3.05, 3.63) is 164 Å². The molecule has 0 saturated heterocycles. The first-order chi connectivity index (χ1) is 25.3. The average molecular weight is 581 g/mol. The summed E-state index contributed by atoms with van der Waals surface area (Å²) >= 11 is 0. The highest BCUT2D eigenvalue weighted by Crippen LogP contribution is 2.39. The van der Waals surface area contributed by atoms with Crippen LogP contribution < -0.4 is 0 Å². The molecule has 0 aliphatic heterocycles. The van der Waals surface area contributed by atoms with E-state index in [1.165, 1.54) is 0 Å². The lowest BCUT2D eigenvalue weighted by atomic mass is 10.1. The van der Waals surface area contributed by atoms with Gasteiger partial charge in [-0.05, 0) is 60.6 Å². The van der Waals surface area contributed by atoms with Gasteiger partial charge in [0.1, 0.15) is 0 Å². The van der Waals surface area contributed by atoms with Crippen molar-refractivity contribution in [2.45, 2.75) is 0 Å². The van der Waals surface area contributed by atoms with Gasteiger partial charge in [-0.1, -0.05) is 103 Å². The second-order valence-electron chi connectivity index (χ2n) is 11.3. The molecule has 3 nitrogen and oxygen atoms in total. The van der Waals surface area contributed by atoms with E-state index in [0.717, 1.165) is 49.3 Å². The second-order valence-corrected chi connectivity index (χ2v) is 11.3. The molecule has 3 heterocycles. The Kier molecular flexibility index (Phi) is 3.80. The standard InChI is InChI=1S/C42H27N3/c1-2-12-28(13-3-1)43-37-18-8-6-16-33(37)35-25-23-30(27-41(35)43)45-40-21-11-7-17-34(40)36-24-22-29(26-42(36)45)44-38-19-9-4-14-31(38)32-15-5-10-20-39(32)44/h1-27H/i7D,11D,17D,21D,22D,24D,26D. The summed E-state index contributed by atoms with van der Waals surface area (Å²) in [5, 5.41) is 4.21. The Morgan fingerprint density at radius 1 is 0.333 bits per heavy atom. The van der Waals surface area contributed by atoms with E-state index < -0.39 is 12.1 Å². The topological polar surface area (TPSA) is 14.8 Å². The third-order valence-corrected chi connectivity index (χ3v) is 8.88. The van der Waals surface area contributed by atoms with Crippen molar-refractivity contribution in [1.82, 2.24) is 13.7 Å². The van der Waals surface area contributed by atoms with Crippen LogP contribution in [0.2, 0.25) is 0 Å². The molecule has 0 aliphatic rings. The summed E-state index contributed by atoms with van der Waals surface area (Å²) in [6, 6.07) is 37.8. The molecule has 7 aromatic carbocycles. The van der Waals surface area contributed by atoms with E-state index in [9.17, 15) is 5.48 Å². The number of nitrogens with zero attached hydrogens (tertiary/aromatic N) is 3. The molecule has 0 N–H and O–H groups in total. The first-order valence-electron chi connectivity index (χ1n) is 18.4. The molecule has 0 spiro atoms. The van der Waals surface area contributed by atoms with Gasteiger partial charge in [-0.3, -0.25) is 0 Å². The Labute approximate surface area is 269 Å². The van der Waals surface area contributed by atoms with E-state index in [4.69, 9.17) is 4.11 Å². The minimum absolute atomic E-state index is 0.0562.